The van der Waals surface area contributed by atoms with Crippen LogP contribution in [0.25, 0.3) is 11.4 Å². The van der Waals surface area contributed by atoms with Crippen molar-refractivity contribution in [2.24, 2.45) is 11.8 Å². The molecule has 0 aliphatic carbocycles. The highest BCUT2D eigenvalue weighted by molar-refractivity contribution is 5.86. The number of pyridine rings is 2. The van der Waals surface area contributed by atoms with Gasteiger partial charge in [0.15, 0.2) is 0 Å². The van der Waals surface area contributed by atoms with Gasteiger partial charge < -0.3 is 44.2 Å². The van der Waals surface area contributed by atoms with Crippen molar-refractivity contribution in [1.82, 2.24) is 15.3 Å². The number of fused-ring (bicyclic) bond motifs is 2. The summed E-state index contributed by atoms with van der Waals surface area (Å²) in [5.74, 6) is 2.62. The van der Waals surface area contributed by atoms with Gasteiger partial charge in [0.25, 0.3) is 0 Å². The molecule has 2 aromatic heterocycles. The van der Waals surface area contributed by atoms with E-state index in [1.54, 1.807) is 19.2 Å². The summed E-state index contributed by atoms with van der Waals surface area (Å²) < 4.78 is 40.5. The molecular formula is C57H75F2N9O3. The Kier molecular flexibility index (Phi) is 15.9. The molecule has 6 saturated heterocycles. The van der Waals surface area contributed by atoms with Gasteiger partial charge in [-0.2, -0.15) is 0 Å². The quantitative estimate of drug-likeness (QED) is 0.0764. The molecule has 10 rings (SSSR count). The van der Waals surface area contributed by atoms with E-state index in [1.807, 2.05) is 12.1 Å². The number of hydrogen-bond donors (Lipinski definition) is 1. The Morgan fingerprint density at radius 1 is 0.620 bits per heavy atom. The van der Waals surface area contributed by atoms with E-state index >= 15 is 0 Å². The van der Waals surface area contributed by atoms with Crippen LogP contribution in [-0.2, 0) is 14.3 Å². The number of aromatic nitrogens is 2. The second-order valence-corrected chi connectivity index (χ2v) is 20.9. The van der Waals surface area contributed by atoms with Crippen molar-refractivity contribution >= 4 is 40.3 Å². The summed E-state index contributed by atoms with van der Waals surface area (Å²) in [6.45, 7) is 13.7. The molecule has 71 heavy (non-hydrogen) atoms. The standard InChI is InChI=1S/C57H75F2N9O3/c1-3-57(69)60-23-6-10-41-18-27-63(28-19-41)47-36-49(61-55(38-47)67-29-20-53-51(67)16-8-25-65(53)45-14-4-12-43(58)34-45)50-37-48(64-24-7-11-42(40-64)22-31-71-33-32-70-2)39-56(62-50)68-30-21-54-52(68)17-9-26-66(54)46-15-5-13-44(59)35-46/h3-5,12-15,34-39,41-42,51-54H,1,6-11,16-33,40H2,2H3,(H,60,69)/t42-,51+,52+,53+,54+/m0/s1. The van der Waals surface area contributed by atoms with E-state index < -0.39 is 0 Å². The van der Waals surface area contributed by atoms with Gasteiger partial charge in [-0.05, 0) is 150 Å². The van der Waals surface area contributed by atoms with Crippen LogP contribution in [0.15, 0.2) is 85.5 Å². The average Bonchev–Trinajstić information content (AvgIpc) is 4.05. The number of piperidine rings is 4. The largest absolute Gasteiger partial charge is 0.382 e. The fraction of sp³-hybridized carbons (Fsp3) is 0.561. The highest BCUT2D eigenvalue weighted by atomic mass is 19.1. The number of amides is 1. The summed E-state index contributed by atoms with van der Waals surface area (Å²) >= 11 is 0. The number of carbonyl (C=O) groups excluding carboxylic acids is 1. The molecule has 1 N–H and O–H groups in total. The van der Waals surface area contributed by atoms with Crippen LogP contribution in [0.3, 0.4) is 0 Å². The summed E-state index contributed by atoms with van der Waals surface area (Å²) in [6, 6.07) is 24.6. The molecule has 1 amide bonds. The molecule has 14 heteroatoms. The van der Waals surface area contributed by atoms with E-state index in [0.29, 0.717) is 31.6 Å². The fourth-order valence-corrected chi connectivity index (χ4v) is 13.0. The third-order valence-electron chi connectivity index (χ3n) is 16.6. The molecule has 8 heterocycles. The molecule has 0 radical (unpaired) electrons. The molecule has 0 bridgehead atoms. The van der Waals surface area contributed by atoms with Crippen LogP contribution in [0.4, 0.5) is 43.2 Å². The van der Waals surface area contributed by atoms with Gasteiger partial charge in [0.1, 0.15) is 23.3 Å². The van der Waals surface area contributed by atoms with E-state index in [2.05, 4.69) is 77.7 Å². The molecule has 2 aromatic carbocycles. The van der Waals surface area contributed by atoms with Crippen LogP contribution < -0.4 is 34.7 Å². The monoisotopic (exact) mass is 972 g/mol. The lowest BCUT2D eigenvalue weighted by atomic mass is 9.92. The van der Waals surface area contributed by atoms with Crippen LogP contribution in [0, 0.1) is 23.5 Å². The van der Waals surface area contributed by atoms with Gasteiger partial charge in [0, 0.05) is 108 Å². The van der Waals surface area contributed by atoms with Gasteiger partial charge in [0.2, 0.25) is 5.91 Å². The minimum absolute atomic E-state index is 0.110. The first-order chi connectivity index (χ1) is 34.8. The first-order valence-corrected chi connectivity index (χ1v) is 26.9. The fourth-order valence-electron chi connectivity index (χ4n) is 13.0. The number of carbonyl (C=O) groups is 1. The molecule has 5 atom stereocenters. The zero-order valence-electron chi connectivity index (χ0n) is 41.9. The Labute approximate surface area is 420 Å². The lowest BCUT2D eigenvalue weighted by Crippen LogP contribution is -2.50. The summed E-state index contributed by atoms with van der Waals surface area (Å²) in [4.78, 5) is 38.2. The summed E-state index contributed by atoms with van der Waals surface area (Å²) in [5, 5.41) is 2.95. The van der Waals surface area contributed by atoms with Crippen molar-refractivity contribution in [3.63, 3.8) is 0 Å². The normalized spacial score (nSPS) is 23.8. The minimum atomic E-state index is -0.195. The average molecular weight is 972 g/mol. The molecule has 380 valence electrons. The molecule has 4 aromatic rings. The number of ether oxygens (including phenoxy) is 2. The Hall–Kier alpha value is -5.47. The molecule has 0 unspecified atom stereocenters. The van der Waals surface area contributed by atoms with Crippen LogP contribution >= 0.6 is 0 Å². The van der Waals surface area contributed by atoms with Crippen LogP contribution in [0.5, 0.6) is 0 Å². The summed E-state index contributed by atoms with van der Waals surface area (Å²) in [6.07, 6.45) is 15.1. The van der Waals surface area contributed by atoms with E-state index in [1.165, 1.54) is 36.0 Å². The van der Waals surface area contributed by atoms with Crippen LogP contribution in [-0.4, -0.2) is 126 Å². The number of methoxy groups -OCH3 is 1. The maximum Gasteiger partial charge on any atom is 0.243 e. The molecule has 12 nitrogen and oxygen atoms in total. The smallest absolute Gasteiger partial charge is 0.243 e. The maximum absolute atomic E-state index is 14.6. The van der Waals surface area contributed by atoms with E-state index in [4.69, 9.17) is 19.4 Å². The molecule has 0 spiro atoms. The number of hydrogen-bond acceptors (Lipinski definition) is 11. The molecule has 6 fully saturated rings. The zero-order valence-corrected chi connectivity index (χ0v) is 41.9. The second kappa shape index (κ2) is 22.9. The lowest BCUT2D eigenvalue weighted by Gasteiger charge is -2.42. The Morgan fingerprint density at radius 3 is 1.77 bits per heavy atom. The third-order valence-corrected chi connectivity index (χ3v) is 16.6. The van der Waals surface area contributed by atoms with Crippen molar-refractivity contribution in [3.8, 4) is 11.4 Å². The topological polar surface area (TPSA) is 92.8 Å². The van der Waals surface area contributed by atoms with Gasteiger partial charge in [0.05, 0.1) is 48.8 Å². The molecule has 6 aliphatic rings. The van der Waals surface area contributed by atoms with E-state index in [-0.39, 0.29) is 41.7 Å². The van der Waals surface area contributed by atoms with E-state index in [0.717, 1.165) is 170 Å². The maximum atomic E-state index is 14.6. The van der Waals surface area contributed by atoms with E-state index in [9.17, 15) is 13.6 Å². The van der Waals surface area contributed by atoms with Crippen LogP contribution in [0.1, 0.15) is 83.5 Å². The van der Waals surface area contributed by atoms with Crippen molar-refractivity contribution < 1.29 is 23.0 Å². The van der Waals surface area contributed by atoms with Gasteiger partial charge >= 0.3 is 0 Å². The highest BCUT2D eigenvalue weighted by Gasteiger charge is 2.43. The number of benzene rings is 2. The minimum Gasteiger partial charge on any atom is -0.382 e. The predicted octanol–water partition coefficient (Wildman–Crippen LogP) is 9.49. The van der Waals surface area contributed by atoms with Gasteiger partial charge in [-0.1, -0.05) is 18.7 Å². The predicted molar refractivity (Wildman–Crippen MR) is 282 cm³/mol. The Morgan fingerprint density at radius 2 is 1.20 bits per heavy atom. The van der Waals surface area contributed by atoms with Crippen molar-refractivity contribution in [3.05, 3.63) is 97.1 Å². The van der Waals surface area contributed by atoms with Crippen molar-refractivity contribution in [1.29, 1.82) is 0 Å². The first kappa shape index (κ1) is 49.1. The third kappa shape index (κ3) is 11.4. The SMILES string of the molecule is C=CC(=O)NCCCC1CCN(c2cc(-c3cc(N4CCC[C@@H](CCOCCOC)C4)cc(N4CC[C@@H]5[C@H]4CCCN5c4cccc(F)c4)n3)nc(N3CC[C@@H]4[C@H]3CCCN4c3cccc(F)c3)c2)CC1. The van der Waals surface area contributed by atoms with Crippen molar-refractivity contribution in [2.45, 2.75) is 108 Å². The van der Waals surface area contributed by atoms with Gasteiger partial charge in [-0.15, -0.1) is 0 Å². The highest BCUT2D eigenvalue weighted by Crippen LogP contribution is 2.42. The number of nitrogens with zero attached hydrogens (tertiary/aromatic N) is 8. The number of rotatable bonds is 18. The Bertz CT molecular complexity index is 2440. The molecule has 6 aliphatic heterocycles. The molecular weight excluding hydrogens is 897 g/mol. The molecule has 0 saturated carbocycles. The van der Waals surface area contributed by atoms with Gasteiger partial charge in [-0.25, -0.2) is 18.7 Å². The summed E-state index contributed by atoms with van der Waals surface area (Å²) in [5.41, 5.74) is 6.08. The second-order valence-electron chi connectivity index (χ2n) is 20.9. The van der Waals surface area contributed by atoms with Crippen molar-refractivity contribution in [2.75, 3.05) is 115 Å². The number of nitrogens with one attached hydrogen (secondary N) is 1. The van der Waals surface area contributed by atoms with Gasteiger partial charge in [-0.3, -0.25) is 4.79 Å². The lowest BCUT2D eigenvalue weighted by molar-refractivity contribution is -0.116. The first-order valence-electron chi connectivity index (χ1n) is 26.9. The van der Waals surface area contributed by atoms with Crippen LogP contribution in [0.2, 0.25) is 0 Å². The zero-order chi connectivity index (χ0) is 48.7. The Balaban J connectivity index is 0.988. The number of anilines is 6. The summed E-state index contributed by atoms with van der Waals surface area (Å²) in [7, 11) is 1.72. The number of halogens is 2.